The van der Waals surface area contributed by atoms with Crippen molar-refractivity contribution in [2.45, 2.75) is 12.3 Å². The van der Waals surface area contributed by atoms with Gasteiger partial charge in [0.25, 0.3) is 0 Å². The van der Waals surface area contributed by atoms with Crippen LogP contribution in [0.4, 0.5) is 4.39 Å². The normalized spacial score (nSPS) is 26.3. The summed E-state index contributed by atoms with van der Waals surface area (Å²) in [5.74, 6) is 0.868. The highest BCUT2D eigenvalue weighted by molar-refractivity contribution is 7.92. The fraction of sp³-hybridized carbons (Fsp3) is 0.375. The van der Waals surface area contributed by atoms with Gasteiger partial charge in [0.15, 0.2) is 5.84 Å². The molecule has 120 valence electrons. The van der Waals surface area contributed by atoms with Gasteiger partial charge < -0.3 is 4.55 Å². The van der Waals surface area contributed by atoms with Gasteiger partial charge in [-0.3, -0.25) is 14.9 Å². The number of hydrazone groups is 1. The minimum Gasteiger partial charge on any atom is -0.614 e. The summed E-state index contributed by atoms with van der Waals surface area (Å²) in [6, 6.07) is 6.60. The first-order valence-electron chi connectivity index (χ1n) is 7.65. The lowest BCUT2D eigenvalue weighted by molar-refractivity contribution is 0.243. The molecule has 0 aromatic heterocycles. The zero-order valence-corrected chi connectivity index (χ0v) is 13.6. The van der Waals surface area contributed by atoms with E-state index in [9.17, 15) is 8.94 Å². The average molecular weight is 332 g/mol. The van der Waals surface area contributed by atoms with Crippen LogP contribution in [-0.4, -0.2) is 56.9 Å². The van der Waals surface area contributed by atoms with Crippen molar-refractivity contribution >= 4 is 22.7 Å². The van der Waals surface area contributed by atoms with Gasteiger partial charge in [0, 0.05) is 17.7 Å². The summed E-state index contributed by atoms with van der Waals surface area (Å²) in [5, 5.41) is 6.30. The maximum atomic E-state index is 14.3. The first-order valence-corrected chi connectivity index (χ1v) is 9.03. The molecule has 4 rings (SSSR count). The molecule has 0 saturated carbocycles. The fourth-order valence-corrected chi connectivity index (χ4v) is 4.66. The molecule has 23 heavy (non-hydrogen) atoms. The highest BCUT2D eigenvalue weighted by atomic mass is 32.2. The number of amidine groups is 1. The van der Waals surface area contributed by atoms with E-state index in [-0.39, 0.29) is 11.2 Å². The number of hydrogen-bond acceptors (Lipinski definition) is 5. The molecule has 0 radical (unpaired) electrons. The summed E-state index contributed by atoms with van der Waals surface area (Å²) in [4.78, 5) is 6.63. The van der Waals surface area contributed by atoms with Crippen molar-refractivity contribution in [2.75, 3.05) is 25.5 Å². The molecule has 3 aliphatic rings. The Kier molecular flexibility index (Phi) is 3.61. The van der Waals surface area contributed by atoms with E-state index >= 15 is 0 Å². The third-order valence-electron chi connectivity index (χ3n) is 4.31. The Bertz CT molecular complexity index is 733. The van der Waals surface area contributed by atoms with Crippen LogP contribution in [0.1, 0.15) is 12.5 Å². The summed E-state index contributed by atoms with van der Waals surface area (Å²) in [7, 11) is 0. The topological polar surface area (TPSA) is 54.3 Å². The van der Waals surface area contributed by atoms with Crippen molar-refractivity contribution in [2.24, 2.45) is 10.1 Å². The molecule has 0 saturated heterocycles. The highest BCUT2D eigenvalue weighted by Crippen LogP contribution is 2.31. The molecular weight excluding hydrogens is 315 g/mol. The number of fused-ring (bicyclic) bond motifs is 3. The smallest absolute Gasteiger partial charge is 0.215 e. The van der Waals surface area contributed by atoms with E-state index in [1.54, 1.807) is 18.2 Å². The molecule has 3 heterocycles. The maximum absolute atomic E-state index is 14.3. The number of halogens is 1. The van der Waals surface area contributed by atoms with Gasteiger partial charge in [-0.05, 0) is 36.3 Å². The second-order valence-electron chi connectivity index (χ2n) is 5.68. The second kappa shape index (κ2) is 5.65. The molecule has 2 atom stereocenters. The predicted molar refractivity (Wildman–Crippen MR) is 89.2 cm³/mol. The third-order valence-corrected chi connectivity index (χ3v) is 5.86. The van der Waals surface area contributed by atoms with Gasteiger partial charge in [-0.1, -0.05) is 12.1 Å². The summed E-state index contributed by atoms with van der Waals surface area (Å²) in [5.41, 5.74) is 2.03. The maximum Gasteiger partial charge on any atom is 0.215 e. The van der Waals surface area contributed by atoms with Gasteiger partial charge in [-0.2, -0.15) is 5.10 Å². The Labute approximate surface area is 137 Å². The van der Waals surface area contributed by atoms with E-state index in [0.717, 1.165) is 12.1 Å². The van der Waals surface area contributed by atoms with Gasteiger partial charge >= 0.3 is 0 Å². The van der Waals surface area contributed by atoms with Gasteiger partial charge in [0.2, 0.25) is 5.37 Å². The van der Waals surface area contributed by atoms with Crippen LogP contribution in [0.3, 0.4) is 0 Å². The van der Waals surface area contributed by atoms with Crippen molar-refractivity contribution in [3.63, 3.8) is 0 Å². The van der Waals surface area contributed by atoms with E-state index in [0.29, 0.717) is 36.1 Å². The Morgan fingerprint density at radius 1 is 1.39 bits per heavy atom. The van der Waals surface area contributed by atoms with Crippen LogP contribution in [0.25, 0.3) is 0 Å². The van der Waals surface area contributed by atoms with Crippen LogP contribution in [0.15, 0.2) is 46.0 Å². The third kappa shape index (κ3) is 2.35. The molecule has 0 amide bonds. The molecule has 0 spiro atoms. The van der Waals surface area contributed by atoms with Crippen molar-refractivity contribution in [1.29, 1.82) is 0 Å². The molecule has 0 N–H and O–H groups in total. The lowest BCUT2D eigenvalue weighted by atomic mass is 10.1. The van der Waals surface area contributed by atoms with E-state index < -0.39 is 11.2 Å². The quantitative estimate of drug-likeness (QED) is 0.610. The summed E-state index contributed by atoms with van der Waals surface area (Å²) < 4.78 is 26.7. The Balaban J connectivity index is 1.83. The van der Waals surface area contributed by atoms with Crippen molar-refractivity contribution in [3.8, 4) is 0 Å². The van der Waals surface area contributed by atoms with Crippen LogP contribution < -0.4 is 0 Å². The summed E-state index contributed by atoms with van der Waals surface area (Å²) in [6.07, 6.45) is 2.00. The molecule has 5 nitrogen and oxygen atoms in total. The number of rotatable bonds is 2. The number of hydrogen-bond donors (Lipinski definition) is 0. The standard InChI is InChI=1S/C16H17FN4OS/c1-2-20-10-21-15(19-20)14(12-5-3-4-6-13(12)17)18-9-11-7-8-23(22)16(11)21/h3-7,16H,2,8-10H2,1H3. The minimum atomic E-state index is -0.996. The molecule has 2 unspecified atom stereocenters. The molecule has 3 aliphatic heterocycles. The molecule has 1 aromatic carbocycles. The zero-order chi connectivity index (χ0) is 16.0. The molecule has 1 aromatic rings. The monoisotopic (exact) mass is 332 g/mol. The van der Waals surface area contributed by atoms with Gasteiger partial charge in [0.05, 0.1) is 6.54 Å². The van der Waals surface area contributed by atoms with E-state index in [2.05, 4.69) is 10.1 Å². The summed E-state index contributed by atoms with van der Waals surface area (Å²) in [6.45, 7) is 3.76. The van der Waals surface area contributed by atoms with Gasteiger partial charge in [-0.15, -0.1) is 0 Å². The average Bonchev–Trinajstić information content (AvgIpc) is 3.09. The second-order valence-corrected chi connectivity index (χ2v) is 7.22. The predicted octanol–water partition coefficient (Wildman–Crippen LogP) is 1.55. The molecule has 0 bridgehead atoms. The number of benzene rings is 1. The van der Waals surface area contributed by atoms with Crippen LogP contribution in [-0.2, 0) is 11.2 Å². The van der Waals surface area contributed by atoms with Crippen molar-refractivity contribution < 1.29 is 8.94 Å². The van der Waals surface area contributed by atoms with Gasteiger partial charge in [-0.25, -0.2) is 4.39 Å². The lowest BCUT2D eigenvalue weighted by Crippen LogP contribution is -2.45. The summed E-state index contributed by atoms with van der Waals surface area (Å²) >= 11 is -0.996. The molecule has 0 aliphatic carbocycles. The first-order chi connectivity index (χ1) is 11.2. The highest BCUT2D eigenvalue weighted by Gasteiger charge is 2.45. The minimum absolute atomic E-state index is 0.196. The Hall–Kier alpha value is -1.86. The molecule has 7 heteroatoms. The first kappa shape index (κ1) is 14.7. The van der Waals surface area contributed by atoms with Crippen LogP contribution in [0.5, 0.6) is 0 Å². The molecular formula is C16H17FN4OS. The largest absolute Gasteiger partial charge is 0.614 e. The number of aliphatic imine (C=N–C) groups is 1. The van der Waals surface area contributed by atoms with E-state index in [4.69, 9.17) is 0 Å². The van der Waals surface area contributed by atoms with Crippen LogP contribution in [0.2, 0.25) is 0 Å². The van der Waals surface area contributed by atoms with Crippen LogP contribution >= 0.6 is 0 Å². The van der Waals surface area contributed by atoms with Crippen molar-refractivity contribution in [1.82, 2.24) is 9.91 Å². The number of nitrogens with zero attached hydrogens (tertiary/aromatic N) is 4. The molecule has 0 fully saturated rings. The van der Waals surface area contributed by atoms with E-state index in [1.807, 2.05) is 22.9 Å². The van der Waals surface area contributed by atoms with E-state index in [1.165, 1.54) is 6.07 Å². The lowest BCUT2D eigenvalue weighted by Gasteiger charge is -2.27. The Morgan fingerprint density at radius 3 is 3.00 bits per heavy atom. The Morgan fingerprint density at radius 2 is 2.22 bits per heavy atom. The van der Waals surface area contributed by atoms with Crippen molar-refractivity contribution in [3.05, 3.63) is 47.3 Å². The SMILES string of the molecule is CCN1CN2C(=N1)C(c1ccccc1F)=NCC1=CC[S+]([O-])C12. The fourth-order valence-electron chi connectivity index (χ4n) is 3.14. The zero-order valence-electron chi connectivity index (χ0n) is 12.8. The van der Waals surface area contributed by atoms with Crippen LogP contribution in [0, 0.1) is 5.82 Å². The van der Waals surface area contributed by atoms with Gasteiger partial charge in [0.1, 0.15) is 24.0 Å².